The van der Waals surface area contributed by atoms with Crippen molar-refractivity contribution in [2.75, 3.05) is 6.54 Å². The minimum atomic E-state index is 0.472. The molecule has 1 aliphatic heterocycles. The van der Waals surface area contributed by atoms with Gasteiger partial charge in [-0.3, -0.25) is 4.57 Å². The van der Waals surface area contributed by atoms with Crippen LogP contribution in [0.3, 0.4) is 0 Å². The first-order chi connectivity index (χ1) is 10.4. The van der Waals surface area contributed by atoms with Crippen molar-refractivity contribution in [3.63, 3.8) is 0 Å². The summed E-state index contributed by atoms with van der Waals surface area (Å²) < 4.78 is 7.94. The van der Waals surface area contributed by atoms with E-state index in [-0.39, 0.29) is 0 Å². The summed E-state index contributed by atoms with van der Waals surface area (Å²) in [7, 11) is 0. The molecule has 3 atom stereocenters. The van der Waals surface area contributed by atoms with Crippen molar-refractivity contribution in [1.29, 1.82) is 0 Å². The van der Waals surface area contributed by atoms with Crippen LogP contribution in [0.15, 0.2) is 28.7 Å². The molecule has 22 heavy (non-hydrogen) atoms. The van der Waals surface area contributed by atoms with Crippen LogP contribution in [-0.2, 0) is 6.67 Å². The van der Waals surface area contributed by atoms with Crippen molar-refractivity contribution in [1.82, 2.24) is 4.57 Å². The van der Waals surface area contributed by atoms with Crippen LogP contribution in [0.5, 0.6) is 0 Å². The van der Waals surface area contributed by atoms with E-state index in [2.05, 4.69) is 37.5 Å². The molecular formula is C18H25N2OS+. The van der Waals surface area contributed by atoms with Crippen LogP contribution < -0.4 is 4.90 Å². The number of hydrogen-bond acceptors (Lipinski definition) is 2. The molecule has 0 radical (unpaired) electrons. The Hall–Kier alpha value is -1.13. The Bertz CT molecular complexity index is 775. The maximum Gasteiger partial charge on any atom is 0.274 e. The van der Waals surface area contributed by atoms with Gasteiger partial charge in [-0.1, -0.05) is 32.9 Å². The molecule has 0 spiro atoms. The molecule has 1 unspecified atom stereocenters. The Labute approximate surface area is 136 Å². The smallest absolute Gasteiger partial charge is 0.274 e. The van der Waals surface area contributed by atoms with E-state index < -0.39 is 0 Å². The van der Waals surface area contributed by atoms with E-state index >= 15 is 0 Å². The molecule has 2 bridgehead atoms. The van der Waals surface area contributed by atoms with Crippen LogP contribution in [-0.4, -0.2) is 17.2 Å². The molecule has 1 aromatic carbocycles. The third-order valence-electron chi connectivity index (χ3n) is 5.61. The molecule has 0 amide bonds. The van der Waals surface area contributed by atoms with Gasteiger partial charge in [-0.2, -0.15) is 0 Å². The van der Waals surface area contributed by atoms with Crippen molar-refractivity contribution in [3.05, 3.63) is 29.1 Å². The monoisotopic (exact) mass is 317 g/mol. The molecule has 118 valence electrons. The number of nitrogens with zero attached hydrogens (tertiary/aromatic N) is 1. The Morgan fingerprint density at radius 2 is 2.05 bits per heavy atom. The highest BCUT2D eigenvalue weighted by Gasteiger charge is 2.52. The number of benzene rings is 1. The first-order valence-corrected chi connectivity index (χ1v) is 8.69. The molecular weight excluding hydrogens is 292 g/mol. The van der Waals surface area contributed by atoms with Gasteiger partial charge in [0.1, 0.15) is 0 Å². The lowest BCUT2D eigenvalue weighted by Crippen LogP contribution is -3.13. The van der Waals surface area contributed by atoms with Gasteiger partial charge in [0.15, 0.2) is 12.3 Å². The third kappa shape index (κ3) is 2.33. The average Bonchev–Trinajstić information content (AvgIpc) is 2.84. The fraction of sp³-hybridized carbons (Fsp3) is 0.611. The van der Waals surface area contributed by atoms with Gasteiger partial charge in [-0.15, -0.1) is 0 Å². The van der Waals surface area contributed by atoms with Crippen LogP contribution in [0.4, 0.5) is 0 Å². The van der Waals surface area contributed by atoms with E-state index in [9.17, 15) is 0 Å². The minimum Gasteiger partial charge on any atom is -0.429 e. The van der Waals surface area contributed by atoms with E-state index in [1.54, 1.807) is 4.90 Å². The summed E-state index contributed by atoms with van der Waals surface area (Å²) in [6, 6.07) is 8.94. The van der Waals surface area contributed by atoms with Gasteiger partial charge >= 0.3 is 0 Å². The molecule has 2 aromatic rings. The summed E-state index contributed by atoms with van der Waals surface area (Å²) in [5, 5.41) is 0. The van der Waals surface area contributed by atoms with Gasteiger partial charge in [0.25, 0.3) is 4.84 Å². The second-order valence-corrected chi connectivity index (χ2v) is 8.86. The number of para-hydroxylation sites is 2. The van der Waals surface area contributed by atoms with Gasteiger partial charge in [0.05, 0.1) is 18.1 Å². The van der Waals surface area contributed by atoms with E-state index in [1.165, 1.54) is 25.8 Å². The highest BCUT2D eigenvalue weighted by molar-refractivity contribution is 7.71. The predicted octanol–water partition coefficient (Wildman–Crippen LogP) is 3.40. The molecule has 2 fully saturated rings. The predicted molar refractivity (Wildman–Crippen MR) is 90.4 cm³/mol. The number of rotatable bonds is 2. The molecule has 1 saturated carbocycles. The highest BCUT2D eigenvalue weighted by atomic mass is 32.1. The molecule has 1 saturated heterocycles. The zero-order chi connectivity index (χ0) is 15.5. The number of aromatic nitrogens is 1. The first-order valence-electron chi connectivity index (χ1n) is 8.28. The van der Waals surface area contributed by atoms with Crippen molar-refractivity contribution < 1.29 is 9.32 Å². The van der Waals surface area contributed by atoms with Gasteiger partial charge in [0.2, 0.25) is 0 Å². The Kier molecular flexibility index (Phi) is 3.08. The summed E-state index contributed by atoms with van der Waals surface area (Å²) in [6.45, 7) is 9.52. The largest absolute Gasteiger partial charge is 0.429 e. The lowest BCUT2D eigenvalue weighted by atomic mass is 9.65. The van der Waals surface area contributed by atoms with Gasteiger partial charge in [-0.05, 0) is 36.2 Å². The quantitative estimate of drug-likeness (QED) is 0.858. The Morgan fingerprint density at radius 1 is 1.27 bits per heavy atom. The molecule has 2 aliphatic rings. The van der Waals surface area contributed by atoms with Crippen molar-refractivity contribution in [2.24, 2.45) is 10.8 Å². The zero-order valence-corrected chi connectivity index (χ0v) is 14.5. The number of fused-ring (bicyclic) bond motifs is 3. The molecule has 2 heterocycles. The van der Waals surface area contributed by atoms with Crippen LogP contribution in [0.1, 0.15) is 40.0 Å². The van der Waals surface area contributed by atoms with E-state index in [0.29, 0.717) is 15.7 Å². The lowest BCUT2D eigenvalue weighted by Gasteiger charge is -2.37. The molecule has 3 nitrogen and oxygen atoms in total. The molecule has 4 heteroatoms. The molecule has 4 rings (SSSR count). The zero-order valence-electron chi connectivity index (χ0n) is 13.7. The normalized spacial score (nSPS) is 33.4. The van der Waals surface area contributed by atoms with E-state index in [1.807, 2.05) is 12.1 Å². The number of quaternary nitrogens is 1. The van der Waals surface area contributed by atoms with E-state index in [0.717, 1.165) is 23.8 Å². The number of likely N-dealkylation sites (tertiary alicyclic amines) is 1. The fourth-order valence-electron chi connectivity index (χ4n) is 5.30. The van der Waals surface area contributed by atoms with Crippen LogP contribution in [0.2, 0.25) is 0 Å². The maximum absolute atomic E-state index is 5.75. The van der Waals surface area contributed by atoms with Gasteiger partial charge in [0, 0.05) is 18.3 Å². The maximum atomic E-state index is 5.75. The van der Waals surface area contributed by atoms with Crippen molar-refractivity contribution >= 4 is 23.3 Å². The fourth-order valence-corrected chi connectivity index (χ4v) is 5.55. The summed E-state index contributed by atoms with van der Waals surface area (Å²) in [5.74, 6) is 0. The Balaban J connectivity index is 1.67. The van der Waals surface area contributed by atoms with E-state index in [4.69, 9.17) is 16.6 Å². The highest BCUT2D eigenvalue weighted by Crippen LogP contribution is 2.47. The number of oxazole rings is 1. The average molecular weight is 317 g/mol. The topological polar surface area (TPSA) is 22.5 Å². The first kappa shape index (κ1) is 14.5. The van der Waals surface area contributed by atoms with Crippen molar-refractivity contribution in [3.8, 4) is 0 Å². The van der Waals surface area contributed by atoms with Gasteiger partial charge in [-0.25, -0.2) is 0 Å². The lowest BCUT2D eigenvalue weighted by molar-refractivity contribution is -0.936. The van der Waals surface area contributed by atoms with Crippen LogP contribution in [0.25, 0.3) is 11.1 Å². The summed E-state index contributed by atoms with van der Waals surface area (Å²) in [5.41, 5.74) is 2.99. The molecule has 1 aromatic heterocycles. The Morgan fingerprint density at radius 3 is 2.86 bits per heavy atom. The van der Waals surface area contributed by atoms with Crippen molar-refractivity contribution in [2.45, 2.75) is 52.7 Å². The second kappa shape index (κ2) is 4.68. The second-order valence-electron chi connectivity index (χ2n) is 8.51. The summed E-state index contributed by atoms with van der Waals surface area (Å²) >= 11 is 5.46. The minimum absolute atomic E-state index is 0.472. The van der Waals surface area contributed by atoms with Gasteiger partial charge < -0.3 is 9.32 Å². The SMILES string of the molecule is CC1(C)C[C@H]2C[C@](C)(C[NH+]2Cn2c(=S)oc3ccccc32)C1. The van der Waals surface area contributed by atoms with Crippen LogP contribution in [0, 0.1) is 15.7 Å². The summed E-state index contributed by atoms with van der Waals surface area (Å²) in [4.78, 5) is 2.29. The number of hydrogen-bond donors (Lipinski definition) is 1. The summed E-state index contributed by atoms with van der Waals surface area (Å²) in [6.07, 6.45) is 4.02. The third-order valence-corrected chi connectivity index (χ3v) is 5.91. The molecule has 1 aliphatic carbocycles. The molecule has 1 N–H and O–H groups in total. The standard InChI is InChI=1S/C18H24N2OS/c1-17(2)8-13-9-18(3,10-17)11-19(13)12-20-14-6-4-5-7-15(14)21-16(20)22/h4-7,13H,8-12H2,1-3H3/p+1/t13-,18-/m0/s1. The number of nitrogens with one attached hydrogen (secondary N) is 1. The van der Waals surface area contributed by atoms with Crippen LogP contribution >= 0.6 is 12.2 Å².